The number of hydrogen-bond acceptors (Lipinski definition) is 5. The molecule has 0 spiro atoms. The Morgan fingerprint density at radius 1 is 0.828 bits per heavy atom. The van der Waals surface area contributed by atoms with Crippen molar-refractivity contribution in [2.45, 2.75) is 13.8 Å². The SMILES string of the molecule is CC(C)CNc1cc(-c2ccccc2)nc(N2CCN(c3ccccc3)CC2)n1. The second-order valence-corrected chi connectivity index (χ2v) is 7.89. The Balaban J connectivity index is 1.55. The van der Waals surface area contributed by atoms with Gasteiger partial charge in [-0.15, -0.1) is 0 Å². The normalized spacial score (nSPS) is 14.3. The Morgan fingerprint density at radius 3 is 2.10 bits per heavy atom. The highest BCUT2D eigenvalue weighted by atomic mass is 15.3. The van der Waals surface area contributed by atoms with Crippen LogP contribution >= 0.6 is 0 Å². The van der Waals surface area contributed by atoms with E-state index in [1.165, 1.54) is 5.69 Å². The van der Waals surface area contributed by atoms with Crippen molar-refractivity contribution < 1.29 is 0 Å². The van der Waals surface area contributed by atoms with E-state index < -0.39 is 0 Å². The van der Waals surface area contributed by atoms with Crippen LogP contribution in [-0.2, 0) is 0 Å². The van der Waals surface area contributed by atoms with Crippen LogP contribution < -0.4 is 15.1 Å². The highest BCUT2D eigenvalue weighted by Crippen LogP contribution is 2.24. The first-order valence-electron chi connectivity index (χ1n) is 10.4. The Morgan fingerprint density at radius 2 is 1.45 bits per heavy atom. The van der Waals surface area contributed by atoms with E-state index in [9.17, 15) is 0 Å². The molecular weight excluding hydrogens is 358 g/mol. The Kier molecular flexibility index (Phi) is 5.94. The summed E-state index contributed by atoms with van der Waals surface area (Å²) in [6.07, 6.45) is 0. The molecule has 5 heteroatoms. The molecule has 0 amide bonds. The van der Waals surface area contributed by atoms with E-state index in [0.717, 1.165) is 55.7 Å². The van der Waals surface area contributed by atoms with Crippen LogP contribution in [0.15, 0.2) is 66.7 Å². The molecule has 2 aromatic carbocycles. The maximum Gasteiger partial charge on any atom is 0.227 e. The standard InChI is InChI=1S/C24H29N5/c1-19(2)18-25-23-17-22(20-9-5-3-6-10-20)26-24(27-23)29-15-13-28(14-16-29)21-11-7-4-8-12-21/h3-12,17,19H,13-16,18H2,1-2H3,(H,25,26,27). The molecule has 1 fully saturated rings. The molecule has 0 aliphatic carbocycles. The van der Waals surface area contributed by atoms with Gasteiger partial charge in [0, 0.05) is 50.0 Å². The molecular formula is C24H29N5. The third kappa shape index (κ3) is 4.86. The number of rotatable bonds is 6. The van der Waals surface area contributed by atoms with E-state index in [-0.39, 0.29) is 0 Å². The molecule has 1 aliphatic heterocycles. The number of nitrogens with one attached hydrogen (secondary N) is 1. The molecule has 1 saturated heterocycles. The number of benzene rings is 2. The van der Waals surface area contributed by atoms with Crippen molar-refractivity contribution >= 4 is 17.5 Å². The van der Waals surface area contributed by atoms with Gasteiger partial charge in [-0.3, -0.25) is 0 Å². The summed E-state index contributed by atoms with van der Waals surface area (Å²) in [5.74, 6) is 2.27. The van der Waals surface area contributed by atoms with Crippen molar-refractivity contribution in [2.75, 3.05) is 47.8 Å². The van der Waals surface area contributed by atoms with Gasteiger partial charge in [0.15, 0.2) is 0 Å². The summed E-state index contributed by atoms with van der Waals surface area (Å²) in [6.45, 7) is 9.07. The number of aromatic nitrogens is 2. The van der Waals surface area contributed by atoms with Gasteiger partial charge in [0.05, 0.1) is 5.69 Å². The van der Waals surface area contributed by atoms with Gasteiger partial charge in [-0.05, 0) is 18.1 Å². The highest BCUT2D eigenvalue weighted by Gasteiger charge is 2.20. The van der Waals surface area contributed by atoms with Gasteiger partial charge >= 0.3 is 0 Å². The van der Waals surface area contributed by atoms with Gasteiger partial charge in [-0.25, -0.2) is 4.98 Å². The van der Waals surface area contributed by atoms with Crippen LogP contribution in [-0.4, -0.2) is 42.7 Å². The van der Waals surface area contributed by atoms with Gasteiger partial charge in [-0.1, -0.05) is 62.4 Å². The van der Waals surface area contributed by atoms with Crippen molar-refractivity contribution in [3.8, 4) is 11.3 Å². The molecule has 1 aromatic heterocycles. The molecule has 4 rings (SSSR count). The number of para-hydroxylation sites is 1. The maximum atomic E-state index is 4.91. The van der Waals surface area contributed by atoms with E-state index in [4.69, 9.17) is 9.97 Å². The third-order valence-electron chi connectivity index (χ3n) is 5.16. The van der Waals surface area contributed by atoms with Crippen LogP contribution in [0.4, 0.5) is 17.5 Å². The van der Waals surface area contributed by atoms with Crippen LogP contribution in [0.5, 0.6) is 0 Å². The predicted molar refractivity (Wildman–Crippen MR) is 122 cm³/mol. The lowest BCUT2D eigenvalue weighted by Gasteiger charge is -2.36. The summed E-state index contributed by atoms with van der Waals surface area (Å²) in [7, 11) is 0. The largest absolute Gasteiger partial charge is 0.370 e. The topological polar surface area (TPSA) is 44.3 Å². The second-order valence-electron chi connectivity index (χ2n) is 7.89. The lowest BCUT2D eigenvalue weighted by atomic mass is 10.1. The lowest BCUT2D eigenvalue weighted by molar-refractivity contribution is 0.639. The summed E-state index contributed by atoms with van der Waals surface area (Å²) in [4.78, 5) is 14.5. The summed E-state index contributed by atoms with van der Waals surface area (Å²) in [5.41, 5.74) is 3.37. The van der Waals surface area contributed by atoms with Crippen molar-refractivity contribution in [2.24, 2.45) is 5.92 Å². The van der Waals surface area contributed by atoms with E-state index in [2.05, 4.69) is 89.6 Å². The molecule has 0 bridgehead atoms. The predicted octanol–water partition coefficient (Wildman–Crippen LogP) is 4.54. The first-order valence-corrected chi connectivity index (χ1v) is 10.4. The average molecular weight is 388 g/mol. The Labute approximate surface area is 173 Å². The first-order chi connectivity index (χ1) is 14.2. The van der Waals surface area contributed by atoms with Gasteiger partial charge in [0.2, 0.25) is 5.95 Å². The molecule has 29 heavy (non-hydrogen) atoms. The molecule has 2 heterocycles. The van der Waals surface area contributed by atoms with Crippen molar-refractivity contribution in [1.82, 2.24) is 9.97 Å². The minimum atomic E-state index is 0.558. The number of anilines is 3. The van der Waals surface area contributed by atoms with Crippen LogP contribution in [0.2, 0.25) is 0 Å². The third-order valence-corrected chi connectivity index (χ3v) is 5.16. The van der Waals surface area contributed by atoms with Crippen LogP contribution in [0, 0.1) is 5.92 Å². The smallest absolute Gasteiger partial charge is 0.227 e. The fourth-order valence-corrected chi connectivity index (χ4v) is 3.54. The molecule has 0 atom stereocenters. The molecule has 5 nitrogen and oxygen atoms in total. The summed E-state index contributed by atoms with van der Waals surface area (Å²) >= 11 is 0. The molecule has 150 valence electrons. The van der Waals surface area contributed by atoms with Crippen molar-refractivity contribution in [3.05, 3.63) is 66.7 Å². The van der Waals surface area contributed by atoms with E-state index in [1.807, 2.05) is 6.07 Å². The van der Waals surface area contributed by atoms with Crippen LogP contribution in [0.25, 0.3) is 11.3 Å². The fraction of sp³-hybridized carbons (Fsp3) is 0.333. The number of nitrogens with zero attached hydrogens (tertiary/aromatic N) is 4. The number of hydrogen-bond donors (Lipinski definition) is 1. The van der Waals surface area contributed by atoms with E-state index >= 15 is 0 Å². The molecule has 1 aliphatic rings. The second kappa shape index (κ2) is 8.95. The Hall–Kier alpha value is -3.08. The van der Waals surface area contributed by atoms with Gasteiger partial charge in [0.25, 0.3) is 0 Å². The zero-order valence-electron chi connectivity index (χ0n) is 17.3. The van der Waals surface area contributed by atoms with Crippen molar-refractivity contribution in [3.63, 3.8) is 0 Å². The molecule has 1 N–H and O–H groups in total. The molecule has 3 aromatic rings. The zero-order valence-corrected chi connectivity index (χ0v) is 17.3. The molecule has 0 unspecified atom stereocenters. The summed E-state index contributed by atoms with van der Waals surface area (Å²) in [5, 5.41) is 3.48. The zero-order chi connectivity index (χ0) is 20.1. The molecule has 0 radical (unpaired) electrons. The van der Waals surface area contributed by atoms with Crippen LogP contribution in [0.3, 0.4) is 0 Å². The fourth-order valence-electron chi connectivity index (χ4n) is 3.54. The monoisotopic (exact) mass is 387 g/mol. The average Bonchev–Trinajstić information content (AvgIpc) is 2.79. The maximum absolute atomic E-state index is 4.91. The quantitative estimate of drug-likeness (QED) is 0.673. The van der Waals surface area contributed by atoms with Crippen molar-refractivity contribution in [1.29, 1.82) is 0 Å². The lowest BCUT2D eigenvalue weighted by Crippen LogP contribution is -2.47. The van der Waals surface area contributed by atoms with Gasteiger partial charge in [-0.2, -0.15) is 4.98 Å². The van der Waals surface area contributed by atoms with Gasteiger partial charge < -0.3 is 15.1 Å². The van der Waals surface area contributed by atoms with Gasteiger partial charge in [0.1, 0.15) is 5.82 Å². The minimum Gasteiger partial charge on any atom is -0.370 e. The minimum absolute atomic E-state index is 0.558. The highest BCUT2D eigenvalue weighted by molar-refractivity contribution is 5.64. The Bertz CT molecular complexity index is 903. The summed E-state index contributed by atoms with van der Waals surface area (Å²) < 4.78 is 0. The number of piperazine rings is 1. The molecule has 0 saturated carbocycles. The van der Waals surface area contributed by atoms with E-state index in [1.54, 1.807) is 0 Å². The summed E-state index contributed by atoms with van der Waals surface area (Å²) in [6, 6.07) is 23.0. The van der Waals surface area contributed by atoms with E-state index in [0.29, 0.717) is 5.92 Å². The first kappa shape index (κ1) is 19.2. The van der Waals surface area contributed by atoms with Crippen LogP contribution in [0.1, 0.15) is 13.8 Å².